The molecule has 6 aromatic rings. The molecule has 6 heterocycles. The van der Waals surface area contributed by atoms with Crippen molar-refractivity contribution in [2.24, 2.45) is 0 Å². The number of allylic oxidation sites excluding steroid dienone is 2. The molecule has 0 saturated heterocycles. The van der Waals surface area contributed by atoms with Gasteiger partial charge in [-0.1, -0.05) is 48.5 Å². The first-order chi connectivity index (χ1) is 23.9. The Bertz CT molecular complexity index is 2500. The normalized spacial score (nSPS) is 19.3. The quantitative estimate of drug-likeness (QED) is 0.130. The third-order valence-electron chi connectivity index (χ3n) is 9.70. The van der Waals surface area contributed by atoms with Gasteiger partial charge < -0.3 is 9.47 Å². The highest BCUT2D eigenvalue weighted by atomic mass is 32.1. The van der Waals surface area contributed by atoms with Gasteiger partial charge >= 0.3 is 0 Å². The van der Waals surface area contributed by atoms with E-state index in [-0.39, 0.29) is 0 Å². The molecular formula is C40H24O6S4. The van der Waals surface area contributed by atoms with Crippen LogP contribution in [0.1, 0.15) is 80.4 Å². The van der Waals surface area contributed by atoms with Gasteiger partial charge in [-0.25, -0.2) is 0 Å². The Morgan fingerprint density at radius 2 is 0.880 bits per heavy atom. The van der Waals surface area contributed by atoms with Crippen LogP contribution in [0.25, 0.3) is 52.2 Å². The lowest BCUT2D eigenvalue weighted by Crippen LogP contribution is -2.27. The molecule has 0 saturated carbocycles. The van der Waals surface area contributed by atoms with Crippen molar-refractivity contribution in [3.8, 4) is 31.0 Å². The van der Waals surface area contributed by atoms with Crippen LogP contribution in [0.3, 0.4) is 0 Å². The third-order valence-corrected chi connectivity index (χ3v) is 14.7. The fraction of sp³-hybridized carbons (Fsp3) is 0.150. The van der Waals surface area contributed by atoms with Crippen molar-refractivity contribution in [1.82, 2.24) is 0 Å². The standard InChI is InChI=1S/C40H24O6S4/c1-39(2)27-35(33-25(45-39)15-17(47-33)13-23-19-9-5-7-11-21(19)29(41)31(23)43)49-38-28-36(50-37(27)38)34-26(46-40(28,3)4)16-18(48-34)14-24-20-10-6-8-12-22(20)30(42)32(24)44/h5-16H,1-4H3/b23-13-,24-14-. The smallest absolute Gasteiger partial charge is 0.234 e. The van der Waals surface area contributed by atoms with Gasteiger partial charge in [0.15, 0.2) is 0 Å². The Labute approximate surface area is 301 Å². The van der Waals surface area contributed by atoms with Crippen LogP contribution in [0.2, 0.25) is 0 Å². The van der Waals surface area contributed by atoms with Gasteiger partial charge in [-0.3, -0.25) is 19.2 Å². The largest absolute Gasteiger partial charge is 0.481 e. The lowest BCUT2D eigenvalue weighted by Gasteiger charge is -2.31. The summed E-state index contributed by atoms with van der Waals surface area (Å²) >= 11 is 6.62. The molecule has 10 rings (SSSR count). The summed E-state index contributed by atoms with van der Waals surface area (Å²) in [5, 5.41) is 0. The van der Waals surface area contributed by atoms with Gasteiger partial charge in [-0.05, 0) is 63.1 Å². The molecule has 0 amide bonds. The molecule has 0 atom stereocenters. The molecule has 0 radical (unpaired) electrons. The summed E-state index contributed by atoms with van der Waals surface area (Å²) in [7, 11) is 0. The summed E-state index contributed by atoms with van der Waals surface area (Å²) in [6.07, 6.45) is 3.64. The summed E-state index contributed by atoms with van der Waals surface area (Å²) < 4.78 is 15.7. The first-order valence-electron chi connectivity index (χ1n) is 16.0. The zero-order chi connectivity index (χ0) is 34.4. The zero-order valence-corrected chi connectivity index (χ0v) is 30.3. The van der Waals surface area contributed by atoms with Crippen molar-refractivity contribution in [2.75, 3.05) is 0 Å². The highest BCUT2D eigenvalue weighted by molar-refractivity contribution is 7.34. The van der Waals surface area contributed by atoms with Gasteiger partial charge in [0.05, 0.1) is 28.9 Å². The van der Waals surface area contributed by atoms with E-state index in [2.05, 4.69) is 27.7 Å². The van der Waals surface area contributed by atoms with Gasteiger partial charge in [0.25, 0.3) is 0 Å². The maximum absolute atomic E-state index is 13.0. The van der Waals surface area contributed by atoms with Crippen LogP contribution in [0, 0.1) is 0 Å². The summed E-state index contributed by atoms with van der Waals surface area (Å²) in [6, 6.07) is 18.2. The van der Waals surface area contributed by atoms with Crippen molar-refractivity contribution >= 4 is 101 Å². The van der Waals surface area contributed by atoms with Crippen LogP contribution in [0.5, 0.6) is 11.5 Å². The molecule has 50 heavy (non-hydrogen) atoms. The van der Waals surface area contributed by atoms with E-state index in [4.69, 9.17) is 9.47 Å². The minimum Gasteiger partial charge on any atom is -0.481 e. The lowest BCUT2D eigenvalue weighted by molar-refractivity contribution is -0.110. The maximum atomic E-state index is 13.0. The number of rotatable bonds is 2. The minimum atomic E-state index is -0.632. The average molecular weight is 729 g/mol. The van der Waals surface area contributed by atoms with Crippen LogP contribution in [-0.4, -0.2) is 23.1 Å². The molecule has 4 aromatic heterocycles. The second kappa shape index (κ2) is 9.95. The van der Waals surface area contributed by atoms with Crippen LogP contribution in [0.4, 0.5) is 0 Å². The molecule has 0 unspecified atom stereocenters. The van der Waals surface area contributed by atoms with E-state index in [0.29, 0.717) is 33.4 Å². The Morgan fingerprint density at radius 3 is 1.28 bits per heavy atom. The number of carbonyl (C=O) groups is 4. The van der Waals surface area contributed by atoms with Crippen LogP contribution in [-0.2, 0) is 20.8 Å². The Hall–Kier alpha value is -4.74. The second-order valence-corrected chi connectivity index (χ2v) is 17.9. The third kappa shape index (κ3) is 3.98. The molecule has 2 aliphatic heterocycles. The van der Waals surface area contributed by atoms with Crippen molar-refractivity contribution in [3.05, 3.63) is 104 Å². The van der Waals surface area contributed by atoms with Crippen LogP contribution in [0.15, 0.2) is 60.7 Å². The molecule has 2 aliphatic carbocycles. The van der Waals surface area contributed by atoms with E-state index in [1.165, 1.54) is 0 Å². The highest BCUT2D eigenvalue weighted by Crippen LogP contribution is 2.62. The molecule has 0 fully saturated rings. The number of hydrogen-bond donors (Lipinski definition) is 0. The van der Waals surface area contributed by atoms with E-state index in [1.54, 1.807) is 69.6 Å². The molecule has 0 spiro atoms. The van der Waals surface area contributed by atoms with E-state index in [0.717, 1.165) is 61.3 Å². The Balaban J connectivity index is 1.10. The number of ether oxygens (including phenoxy) is 2. The topological polar surface area (TPSA) is 86.7 Å². The fourth-order valence-electron chi connectivity index (χ4n) is 7.53. The van der Waals surface area contributed by atoms with Gasteiger partial charge in [-0.2, -0.15) is 0 Å². The first kappa shape index (κ1) is 30.1. The predicted octanol–water partition coefficient (Wildman–Crippen LogP) is 10.3. The van der Waals surface area contributed by atoms with Crippen LogP contribution >= 0.6 is 45.3 Å². The molecule has 0 bridgehead atoms. The number of hydrogen-bond acceptors (Lipinski definition) is 10. The molecule has 2 aromatic carbocycles. The maximum Gasteiger partial charge on any atom is 0.234 e. The van der Waals surface area contributed by atoms with Gasteiger partial charge in [-0.15, -0.1) is 45.3 Å². The fourth-order valence-corrected chi connectivity index (χ4v) is 13.3. The van der Waals surface area contributed by atoms with E-state index >= 15 is 0 Å². The number of Topliss-reactive ketones (excluding diaryl/α,β-unsaturated/α-hetero) is 4. The molecular weight excluding hydrogens is 705 g/mol. The van der Waals surface area contributed by atoms with Gasteiger partial charge in [0.2, 0.25) is 23.1 Å². The van der Waals surface area contributed by atoms with E-state index in [9.17, 15) is 19.2 Å². The zero-order valence-electron chi connectivity index (χ0n) is 27.0. The number of fused-ring (bicyclic) bond motifs is 11. The molecule has 10 heteroatoms. The Morgan fingerprint density at radius 1 is 0.500 bits per heavy atom. The number of ketones is 4. The van der Waals surface area contributed by atoms with Gasteiger partial charge in [0.1, 0.15) is 22.7 Å². The Kier molecular flexibility index (Phi) is 5.99. The SMILES string of the molecule is CC1(C)Oc2cc(/C=C3\C(=O)C(=O)c4ccccc43)sc2-c2sc3c4c(sc3c21)-c1sc(/C=C2\C(=O)C(=O)c3ccccc32)cc1OC4(C)C. The molecule has 6 nitrogen and oxygen atoms in total. The van der Waals surface area contributed by atoms with Crippen molar-refractivity contribution in [1.29, 1.82) is 0 Å². The van der Waals surface area contributed by atoms with Gasteiger partial charge in [0, 0.05) is 43.2 Å². The second-order valence-electron chi connectivity index (χ2n) is 13.7. The van der Waals surface area contributed by atoms with Crippen molar-refractivity contribution < 1.29 is 28.7 Å². The van der Waals surface area contributed by atoms with Crippen LogP contribution < -0.4 is 9.47 Å². The molecule has 0 N–H and O–H groups in total. The highest BCUT2D eigenvalue weighted by Gasteiger charge is 2.44. The summed E-state index contributed by atoms with van der Waals surface area (Å²) in [5.41, 5.74) is 4.06. The summed E-state index contributed by atoms with van der Waals surface area (Å²) in [6.45, 7) is 8.35. The number of carbonyl (C=O) groups excluding carboxylic acids is 4. The minimum absolute atomic E-state index is 0.415. The van der Waals surface area contributed by atoms with E-state index < -0.39 is 34.3 Å². The monoisotopic (exact) mass is 728 g/mol. The number of benzene rings is 2. The number of thiophene rings is 4. The van der Waals surface area contributed by atoms with Crippen molar-refractivity contribution in [2.45, 2.75) is 38.9 Å². The van der Waals surface area contributed by atoms with E-state index in [1.807, 2.05) is 48.6 Å². The lowest BCUT2D eigenvalue weighted by atomic mass is 9.92. The molecule has 244 valence electrons. The average Bonchev–Trinajstić information content (AvgIpc) is 3.90. The molecule has 4 aliphatic rings. The summed E-state index contributed by atoms with van der Waals surface area (Å²) in [5.74, 6) is -0.363. The summed E-state index contributed by atoms with van der Waals surface area (Å²) in [4.78, 5) is 57.2. The van der Waals surface area contributed by atoms with Crippen molar-refractivity contribution in [3.63, 3.8) is 0 Å². The predicted molar refractivity (Wildman–Crippen MR) is 201 cm³/mol. The first-order valence-corrected chi connectivity index (χ1v) is 19.2.